The summed E-state index contributed by atoms with van der Waals surface area (Å²) in [5.74, 6) is 0.132. The Morgan fingerprint density at radius 1 is 1.29 bits per heavy atom. The molecule has 1 heterocycles. The second-order valence-electron chi connectivity index (χ2n) is 5.54. The summed E-state index contributed by atoms with van der Waals surface area (Å²) in [4.78, 5) is 14.0. The molecule has 0 atom stereocenters. The molecule has 2 N–H and O–H groups in total. The fraction of sp³-hybridized carbons (Fsp3) is 0.833. The lowest BCUT2D eigenvalue weighted by molar-refractivity contribution is -0.129. The highest BCUT2D eigenvalue weighted by molar-refractivity contribution is 7.80. The lowest BCUT2D eigenvalue weighted by Gasteiger charge is -2.34. The number of likely N-dealkylation sites (tertiary alicyclic amines) is 1. The molecular formula is C12H23N3OS. The van der Waals surface area contributed by atoms with Gasteiger partial charge in [0.05, 0.1) is 0 Å². The summed E-state index contributed by atoms with van der Waals surface area (Å²) in [5.41, 5.74) is -0.308. The Labute approximate surface area is 109 Å². The second-order valence-corrected chi connectivity index (χ2v) is 5.93. The van der Waals surface area contributed by atoms with Crippen molar-refractivity contribution in [2.75, 3.05) is 20.1 Å². The first-order valence-corrected chi connectivity index (χ1v) is 6.53. The van der Waals surface area contributed by atoms with Crippen molar-refractivity contribution in [1.82, 2.24) is 15.5 Å². The van der Waals surface area contributed by atoms with Crippen molar-refractivity contribution in [3.8, 4) is 0 Å². The van der Waals surface area contributed by atoms with E-state index in [4.69, 9.17) is 12.2 Å². The normalized spacial score (nSPS) is 17.8. The van der Waals surface area contributed by atoms with E-state index < -0.39 is 0 Å². The molecule has 0 bridgehead atoms. The average molecular weight is 257 g/mol. The molecule has 0 unspecified atom stereocenters. The van der Waals surface area contributed by atoms with Gasteiger partial charge in [-0.15, -0.1) is 0 Å². The predicted octanol–water partition coefficient (Wildman–Crippen LogP) is 1.12. The average Bonchev–Trinajstić information content (AvgIpc) is 2.27. The molecular weight excluding hydrogens is 234 g/mol. The summed E-state index contributed by atoms with van der Waals surface area (Å²) in [6.07, 6.45) is 1.92. The zero-order valence-corrected chi connectivity index (χ0v) is 12.0. The van der Waals surface area contributed by atoms with E-state index >= 15 is 0 Å². The Morgan fingerprint density at radius 3 is 2.24 bits per heavy atom. The highest BCUT2D eigenvalue weighted by Crippen LogP contribution is 2.16. The number of carbonyl (C=O) groups excluding carboxylic acids is 1. The fourth-order valence-electron chi connectivity index (χ4n) is 1.79. The lowest BCUT2D eigenvalue weighted by atomic mass is 9.94. The summed E-state index contributed by atoms with van der Waals surface area (Å²) in [6.45, 7) is 7.64. The van der Waals surface area contributed by atoms with E-state index in [2.05, 4.69) is 15.5 Å². The second kappa shape index (κ2) is 5.67. The number of carbonyl (C=O) groups is 1. The first kappa shape index (κ1) is 14.2. The molecule has 98 valence electrons. The largest absolute Gasteiger partial charge is 0.366 e. The smallest absolute Gasteiger partial charge is 0.225 e. The van der Waals surface area contributed by atoms with Gasteiger partial charge in [-0.25, -0.2) is 0 Å². The van der Waals surface area contributed by atoms with Crippen LogP contribution in [0.3, 0.4) is 0 Å². The summed E-state index contributed by atoms with van der Waals surface area (Å²) in [6, 6.07) is 0.289. The van der Waals surface area contributed by atoms with Crippen LogP contribution in [0.5, 0.6) is 0 Å². The van der Waals surface area contributed by atoms with Crippen LogP contribution in [0.4, 0.5) is 0 Å². The predicted molar refractivity (Wildman–Crippen MR) is 73.9 cm³/mol. The van der Waals surface area contributed by atoms with Crippen LogP contribution in [0.2, 0.25) is 0 Å². The number of nitrogens with one attached hydrogen (secondary N) is 2. The van der Waals surface area contributed by atoms with Gasteiger partial charge in [-0.1, -0.05) is 20.8 Å². The van der Waals surface area contributed by atoms with E-state index in [-0.39, 0.29) is 17.4 Å². The Kier molecular flexibility index (Phi) is 4.74. The molecule has 0 spiro atoms. The SMILES string of the molecule is CNC(=S)N1CCC(NC(=O)C(C)(C)C)CC1. The minimum atomic E-state index is -0.308. The summed E-state index contributed by atoms with van der Waals surface area (Å²) >= 11 is 5.19. The van der Waals surface area contributed by atoms with Gasteiger partial charge in [0.2, 0.25) is 5.91 Å². The maximum Gasteiger partial charge on any atom is 0.225 e. The highest BCUT2D eigenvalue weighted by atomic mass is 32.1. The van der Waals surface area contributed by atoms with Gasteiger partial charge in [0.15, 0.2) is 5.11 Å². The van der Waals surface area contributed by atoms with Gasteiger partial charge in [0.1, 0.15) is 0 Å². The molecule has 0 aromatic rings. The third-order valence-electron chi connectivity index (χ3n) is 3.01. The van der Waals surface area contributed by atoms with Crippen molar-refractivity contribution < 1.29 is 4.79 Å². The van der Waals surface area contributed by atoms with Gasteiger partial charge < -0.3 is 15.5 Å². The maximum atomic E-state index is 11.8. The molecule has 0 aromatic heterocycles. The van der Waals surface area contributed by atoms with Gasteiger partial charge >= 0.3 is 0 Å². The molecule has 0 saturated carbocycles. The molecule has 1 aliphatic rings. The van der Waals surface area contributed by atoms with Crippen LogP contribution in [0.15, 0.2) is 0 Å². The lowest BCUT2D eigenvalue weighted by Crippen LogP contribution is -2.50. The van der Waals surface area contributed by atoms with E-state index in [0.29, 0.717) is 0 Å². The number of hydrogen-bond acceptors (Lipinski definition) is 2. The monoisotopic (exact) mass is 257 g/mol. The Morgan fingerprint density at radius 2 is 1.82 bits per heavy atom. The van der Waals surface area contributed by atoms with Crippen molar-refractivity contribution in [3.63, 3.8) is 0 Å². The Hall–Kier alpha value is -0.840. The summed E-state index contributed by atoms with van der Waals surface area (Å²) < 4.78 is 0. The molecule has 1 fully saturated rings. The van der Waals surface area contributed by atoms with Crippen LogP contribution in [0, 0.1) is 5.41 Å². The first-order chi connectivity index (χ1) is 7.84. The quantitative estimate of drug-likeness (QED) is 0.691. The van der Waals surface area contributed by atoms with Crippen LogP contribution in [0.25, 0.3) is 0 Å². The highest BCUT2D eigenvalue weighted by Gasteiger charge is 2.26. The van der Waals surface area contributed by atoms with E-state index in [1.807, 2.05) is 27.8 Å². The van der Waals surface area contributed by atoms with Crippen molar-refractivity contribution in [3.05, 3.63) is 0 Å². The first-order valence-electron chi connectivity index (χ1n) is 6.12. The molecule has 1 aliphatic heterocycles. The molecule has 0 radical (unpaired) electrons. The fourth-order valence-corrected chi connectivity index (χ4v) is 1.97. The zero-order valence-electron chi connectivity index (χ0n) is 11.2. The molecule has 4 nitrogen and oxygen atoms in total. The minimum Gasteiger partial charge on any atom is -0.366 e. The van der Waals surface area contributed by atoms with Crippen molar-refractivity contribution >= 4 is 23.2 Å². The molecule has 1 saturated heterocycles. The van der Waals surface area contributed by atoms with Crippen LogP contribution in [0.1, 0.15) is 33.6 Å². The molecule has 1 rings (SSSR count). The van der Waals surface area contributed by atoms with Crippen LogP contribution >= 0.6 is 12.2 Å². The van der Waals surface area contributed by atoms with E-state index in [1.165, 1.54) is 0 Å². The minimum absolute atomic E-state index is 0.132. The summed E-state index contributed by atoms with van der Waals surface area (Å²) in [5, 5.41) is 6.89. The molecule has 17 heavy (non-hydrogen) atoms. The van der Waals surface area contributed by atoms with Gasteiger partial charge in [-0.2, -0.15) is 0 Å². The molecule has 0 aromatic carbocycles. The molecule has 5 heteroatoms. The van der Waals surface area contributed by atoms with Gasteiger partial charge in [-0.3, -0.25) is 4.79 Å². The maximum absolute atomic E-state index is 11.8. The van der Waals surface area contributed by atoms with Crippen LogP contribution < -0.4 is 10.6 Å². The number of amides is 1. The van der Waals surface area contributed by atoms with E-state index in [0.717, 1.165) is 31.0 Å². The van der Waals surface area contributed by atoms with Gasteiger partial charge in [0.25, 0.3) is 0 Å². The third-order valence-corrected chi connectivity index (χ3v) is 3.47. The number of rotatable bonds is 1. The van der Waals surface area contributed by atoms with E-state index in [9.17, 15) is 4.79 Å². The zero-order chi connectivity index (χ0) is 13.1. The number of nitrogens with zero attached hydrogens (tertiary/aromatic N) is 1. The van der Waals surface area contributed by atoms with Crippen LogP contribution in [-0.2, 0) is 4.79 Å². The Bertz CT molecular complexity index is 291. The number of hydrogen-bond donors (Lipinski definition) is 2. The van der Waals surface area contributed by atoms with Crippen molar-refractivity contribution in [2.45, 2.75) is 39.7 Å². The van der Waals surface area contributed by atoms with Gasteiger partial charge in [0, 0.05) is 31.6 Å². The Balaban J connectivity index is 2.38. The standard InChI is InChI=1S/C12H23N3OS/c1-12(2,3)10(16)14-9-5-7-15(8-6-9)11(17)13-4/h9H,5-8H2,1-4H3,(H,13,17)(H,14,16). The molecule has 0 aliphatic carbocycles. The summed E-state index contributed by atoms with van der Waals surface area (Å²) in [7, 11) is 1.84. The third kappa shape index (κ3) is 4.15. The number of thiocarbonyl (C=S) groups is 1. The van der Waals surface area contributed by atoms with E-state index in [1.54, 1.807) is 0 Å². The van der Waals surface area contributed by atoms with Crippen molar-refractivity contribution in [2.24, 2.45) is 5.41 Å². The topological polar surface area (TPSA) is 44.4 Å². The van der Waals surface area contributed by atoms with Crippen molar-refractivity contribution in [1.29, 1.82) is 0 Å². The van der Waals surface area contributed by atoms with Crippen LogP contribution in [-0.4, -0.2) is 42.1 Å². The van der Waals surface area contributed by atoms with Gasteiger partial charge in [-0.05, 0) is 25.1 Å². The number of piperidine rings is 1. The molecule has 1 amide bonds.